The smallest absolute Gasteiger partial charge is 0.354 e. The van der Waals surface area contributed by atoms with E-state index in [-0.39, 0.29) is 17.2 Å². The number of hydrogen-bond acceptors (Lipinski definition) is 6. The summed E-state index contributed by atoms with van der Waals surface area (Å²) >= 11 is 0. The van der Waals surface area contributed by atoms with Crippen LogP contribution >= 0.6 is 0 Å². The Labute approximate surface area is 121 Å². The van der Waals surface area contributed by atoms with Crippen molar-refractivity contribution in [1.29, 1.82) is 0 Å². The Morgan fingerprint density at radius 2 is 2.38 bits per heavy atom. The van der Waals surface area contributed by atoms with Gasteiger partial charge in [-0.2, -0.15) is 0 Å². The fourth-order valence-electron chi connectivity index (χ4n) is 2.61. The largest absolute Gasteiger partial charge is 0.477 e. The lowest BCUT2D eigenvalue weighted by atomic mass is 10.2. The van der Waals surface area contributed by atoms with Crippen LogP contribution in [0.3, 0.4) is 0 Å². The molecule has 2 heterocycles. The van der Waals surface area contributed by atoms with Crippen LogP contribution in [0.15, 0.2) is 12.1 Å². The van der Waals surface area contributed by atoms with Crippen molar-refractivity contribution in [1.82, 2.24) is 9.88 Å². The first-order valence-electron chi connectivity index (χ1n) is 6.89. The number of pyridine rings is 1. The van der Waals surface area contributed by atoms with Crippen LogP contribution in [0.25, 0.3) is 0 Å². The van der Waals surface area contributed by atoms with Gasteiger partial charge < -0.3 is 10.4 Å². The summed E-state index contributed by atoms with van der Waals surface area (Å²) in [4.78, 5) is 27.5. The molecule has 2 N–H and O–H groups in total. The minimum Gasteiger partial charge on any atom is -0.477 e. The molecule has 1 aromatic rings. The van der Waals surface area contributed by atoms with Gasteiger partial charge in [-0.05, 0) is 32.0 Å². The van der Waals surface area contributed by atoms with Crippen molar-refractivity contribution in [3.8, 4) is 0 Å². The number of nitro groups is 1. The van der Waals surface area contributed by atoms with E-state index < -0.39 is 10.9 Å². The summed E-state index contributed by atoms with van der Waals surface area (Å²) < 4.78 is 0. The molecule has 1 unspecified atom stereocenters. The SMILES string of the molecule is CCN1CCCC1CNc1nc(C(=O)O)ccc1[N+](=O)[O-]. The number of carboxylic acids is 1. The zero-order valence-electron chi connectivity index (χ0n) is 11.8. The van der Waals surface area contributed by atoms with Crippen LogP contribution in [0.5, 0.6) is 0 Å². The summed E-state index contributed by atoms with van der Waals surface area (Å²) in [6, 6.07) is 2.61. The van der Waals surface area contributed by atoms with Gasteiger partial charge in [0.15, 0.2) is 5.69 Å². The monoisotopic (exact) mass is 294 g/mol. The maximum absolute atomic E-state index is 11.0. The van der Waals surface area contributed by atoms with E-state index in [1.165, 1.54) is 6.07 Å². The van der Waals surface area contributed by atoms with Crippen LogP contribution in [0.2, 0.25) is 0 Å². The Kier molecular flexibility index (Phi) is 4.69. The molecule has 1 saturated heterocycles. The lowest BCUT2D eigenvalue weighted by Gasteiger charge is -2.23. The molecule has 0 saturated carbocycles. The van der Waals surface area contributed by atoms with Crippen molar-refractivity contribution in [2.24, 2.45) is 0 Å². The molecule has 2 rings (SSSR count). The summed E-state index contributed by atoms with van der Waals surface area (Å²) in [6.07, 6.45) is 2.12. The van der Waals surface area contributed by atoms with Gasteiger partial charge in [-0.3, -0.25) is 15.0 Å². The van der Waals surface area contributed by atoms with Gasteiger partial charge in [0, 0.05) is 18.7 Å². The highest BCUT2D eigenvalue weighted by molar-refractivity contribution is 5.86. The summed E-state index contributed by atoms with van der Waals surface area (Å²) in [5.41, 5.74) is -0.414. The van der Waals surface area contributed by atoms with E-state index in [4.69, 9.17) is 5.11 Å². The molecule has 0 radical (unpaired) electrons. The van der Waals surface area contributed by atoms with E-state index in [9.17, 15) is 14.9 Å². The van der Waals surface area contributed by atoms with Gasteiger partial charge >= 0.3 is 11.7 Å². The highest BCUT2D eigenvalue weighted by Crippen LogP contribution is 2.24. The molecule has 1 aliphatic rings. The molecular formula is C13H18N4O4. The third kappa shape index (κ3) is 3.46. The molecule has 8 nitrogen and oxygen atoms in total. The zero-order chi connectivity index (χ0) is 15.4. The number of hydrogen-bond donors (Lipinski definition) is 2. The van der Waals surface area contributed by atoms with Gasteiger partial charge in [-0.25, -0.2) is 9.78 Å². The average molecular weight is 294 g/mol. The summed E-state index contributed by atoms with van der Waals surface area (Å²) in [5.74, 6) is -1.19. The molecule has 0 bridgehead atoms. The number of carboxylic acid groups (broad SMARTS) is 1. The minimum absolute atomic E-state index is 0.0165. The lowest BCUT2D eigenvalue weighted by Crippen LogP contribution is -2.34. The predicted octanol–water partition coefficient (Wildman–Crippen LogP) is 1.58. The molecule has 1 aromatic heterocycles. The Bertz CT molecular complexity index is 549. The molecule has 0 aliphatic carbocycles. The summed E-state index contributed by atoms with van der Waals surface area (Å²) in [6.45, 7) is 4.54. The van der Waals surface area contributed by atoms with E-state index in [0.717, 1.165) is 32.0 Å². The van der Waals surface area contributed by atoms with Crippen molar-refractivity contribution in [3.63, 3.8) is 0 Å². The predicted molar refractivity (Wildman–Crippen MR) is 76.6 cm³/mol. The first kappa shape index (κ1) is 15.2. The molecule has 0 amide bonds. The topological polar surface area (TPSA) is 109 Å². The zero-order valence-corrected chi connectivity index (χ0v) is 11.8. The first-order chi connectivity index (χ1) is 10.0. The third-order valence-electron chi connectivity index (χ3n) is 3.70. The highest BCUT2D eigenvalue weighted by atomic mass is 16.6. The van der Waals surface area contributed by atoms with Crippen LogP contribution in [0.1, 0.15) is 30.3 Å². The third-order valence-corrected chi connectivity index (χ3v) is 3.70. The fourth-order valence-corrected chi connectivity index (χ4v) is 2.61. The molecule has 0 spiro atoms. The van der Waals surface area contributed by atoms with E-state index in [2.05, 4.69) is 22.1 Å². The summed E-state index contributed by atoms with van der Waals surface area (Å²) in [7, 11) is 0. The fraction of sp³-hybridized carbons (Fsp3) is 0.538. The average Bonchev–Trinajstić information content (AvgIpc) is 2.91. The van der Waals surface area contributed by atoms with Gasteiger partial charge in [0.2, 0.25) is 5.82 Å². The normalized spacial score (nSPS) is 18.6. The maximum atomic E-state index is 11.0. The van der Waals surface area contributed by atoms with Crippen molar-refractivity contribution >= 4 is 17.5 Å². The van der Waals surface area contributed by atoms with Crippen molar-refractivity contribution < 1.29 is 14.8 Å². The quantitative estimate of drug-likeness (QED) is 0.605. The van der Waals surface area contributed by atoms with Gasteiger partial charge in [0.05, 0.1) is 4.92 Å². The number of aromatic carboxylic acids is 1. The van der Waals surface area contributed by atoms with Crippen molar-refractivity contribution in [2.45, 2.75) is 25.8 Å². The Morgan fingerprint density at radius 3 is 3.00 bits per heavy atom. The van der Waals surface area contributed by atoms with Gasteiger partial charge in [0.25, 0.3) is 0 Å². The number of anilines is 1. The Hall–Kier alpha value is -2.22. The number of nitrogens with one attached hydrogen (secondary N) is 1. The highest BCUT2D eigenvalue weighted by Gasteiger charge is 2.24. The molecule has 21 heavy (non-hydrogen) atoms. The maximum Gasteiger partial charge on any atom is 0.354 e. The van der Waals surface area contributed by atoms with Gasteiger partial charge in [-0.1, -0.05) is 6.92 Å². The second-order valence-corrected chi connectivity index (χ2v) is 4.93. The second-order valence-electron chi connectivity index (χ2n) is 4.93. The molecule has 114 valence electrons. The number of likely N-dealkylation sites (N-methyl/N-ethyl adjacent to an activating group) is 1. The van der Waals surface area contributed by atoms with Crippen LogP contribution in [-0.2, 0) is 0 Å². The Balaban J connectivity index is 2.15. The number of carbonyl (C=O) groups is 1. The number of aromatic nitrogens is 1. The first-order valence-corrected chi connectivity index (χ1v) is 6.89. The summed E-state index contributed by atoms with van der Waals surface area (Å²) in [5, 5.41) is 22.9. The van der Waals surface area contributed by atoms with Crippen LogP contribution in [-0.4, -0.2) is 51.6 Å². The van der Waals surface area contributed by atoms with Crippen molar-refractivity contribution in [3.05, 3.63) is 27.9 Å². The number of rotatable bonds is 6. The molecule has 8 heteroatoms. The molecule has 1 atom stereocenters. The van der Waals surface area contributed by atoms with E-state index in [0.29, 0.717) is 12.6 Å². The van der Waals surface area contributed by atoms with Crippen LogP contribution < -0.4 is 5.32 Å². The molecule has 0 aromatic carbocycles. The Morgan fingerprint density at radius 1 is 1.62 bits per heavy atom. The minimum atomic E-state index is -1.20. The van der Waals surface area contributed by atoms with E-state index in [1.54, 1.807) is 0 Å². The van der Waals surface area contributed by atoms with Gasteiger partial charge in [0.1, 0.15) is 0 Å². The number of likely N-dealkylation sites (tertiary alicyclic amines) is 1. The van der Waals surface area contributed by atoms with E-state index in [1.807, 2.05) is 0 Å². The second kappa shape index (κ2) is 6.49. The van der Waals surface area contributed by atoms with Gasteiger partial charge in [-0.15, -0.1) is 0 Å². The lowest BCUT2D eigenvalue weighted by molar-refractivity contribution is -0.384. The van der Waals surface area contributed by atoms with Crippen LogP contribution in [0, 0.1) is 10.1 Å². The molecule has 1 fully saturated rings. The van der Waals surface area contributed by atoms with Crippen LogP contribution in [0.4, 0.5) is 11.5 Å². The molecule has 1 aliphatic heterocycles. The molecular weight excluding hydrogens is 276 g/mol. The standard InChI is InChI=1S/C13H18N4O4/c1-2-16-7-3-4-9(16)8-14-12-11(17(20)21)6-5-10(15-12)13(18)19/h5-6,9H,2-4,7-8H2,1H3,(H,14,15)(H,18,19). The number of nitrogens with zero attached hydrogens (tertiary/aromatic N) is 3. The van der Waals surface area contributed by atoms with E-state index >= 15 is 0 Å². The van der Waals surface area contributed by atoms with Crippen molar-refractivity contribution in [2.75, 3.05) is 25.0 Å².